The number of fused-ring (bicyclic) bond motifs is 1. The minimum atomic E-state index is 0.905. The second-order valence-electron chi connectivity index (χ2n) is 4.08. The minimum Gasteiger partial charge on any atom is -0.315 e. The van der Waals surface area contributed by atoms with Crippen molar-refractivity contribution < 1.29 is 0 Å². The molecule has 0 bridgehead atoms. The molecular weight excluding hydrogens is 148 g/mol. The quantitative estimate of drug-likeness (QED) is 0.585. The molecule has 2 fully saturated rings. The van der Waals surface area contributed by atoms with Gasteiger partial charge >= 0.3 is 0 Å². The predicted molar refractivity (Wildman–Crippen MR) is 51.3 cm³/mol. The highest BCUT2D eigenvalue weighted by atomic mass is 15.2. The zero-order valence-electron chi connectivity index (χ0n) is 7.89. The van der Waals surface area contributed by atoms with Gasteiger partial charge in [-0.05, 0) is 32.4 Å². The largest absolute Gasteiger partial charge is 0.315 e. The molecule has 2 saturated heterocycles. The standard InChI is InChI=1S/C10H20N2/c1-2-4-10-5-6-11-7-9-12(10)8-3-1/h10-11H,1-9H2. The molecule has 0 spiro atoms. The Bertz CT molecular complexity index is 108. The lowest BCUT2D eigenvalue weighted by molar-refractivity contribution is 0.211. The monoisotopic (exact) mass is 168 g/mol. The van der Waals surface area contributed by atoms with Crippen molar-refractivity contribution in [3.05, 3.63) is 0 Å². The molecule has 0 aromatic rings. The number of nitrogens with zero attached hydrogens (tertiary/aromatic N) is 1. The summed E-state index contributed by atoms with van der Waals surface area (Å²) in [6.07, 6.45) is 7.17. The molecule has 0 aromatic carbocycles. The summed E-state index contributed by atoms with van der Waals surface area (Å²) < 4.78 is 0. The molecule has 2 nitrogen and oxygen atoms in total. The van der Waals surface area contributed by atoms with E-state index in [4.69, 9.17) is 0 Å². The number of nitrogens with one attached hydrogen (secondary N) is 1. The predicted octanol–water partition coefficient (Wildman–Crippen LogP) is 1.22. The summed E-state index contributed by atoms with van der Waals surface area (Å²) in [5.41, 5.74) is 0. The van der Waals surface area contributed by atoms with Gasteiger partial charge in [0.2, 0.25) is 0 Å². The third kappa shape index (κ3) is 1.99. The van der Waals surface area contributed by atoms with Crippen molar-refractivity contribution in [3.63, 3.8) is 0 Å². The van der Waals surface area contributed by atoms with E-state index in [9.17, 15) is 0 Å². The van der Waals surface area contributed by atoms with E-state index < -0.39 is 0 Å². The molecule has 1 atom stereocenters. The molecule has 2 heterocycles. The van der Waals surface area contributed by atoms with Crippen LogP contribution in [0, 0.1) is 0 Å². The first kappa shape index (κ1) is 8.52. The van der Waals surface area contributed by atoms with Gasteiger partial charge in [0.25, 0.3) is 0 Å². The topological polar surface area (TPSA) is 15.3 Å². The summed E-state index contributed by atoms with van der Waals surface area (Å²) in [7, 11) is 0. The molecule has 0 aromatic heterocycles. The van der Waals surface area contributed by atoms with E-state index in [1.54, 1.807) is 0 Å². The summed E-state index contributed by atoms with van der Waals surface area (Å²) in [5, 5.41) is 3.48. The molecule has 70 valence electrons. The lowest BCUT2D eigenvalue weighted by Gasteiger charge is -2.26. The van der Waals surface area contributed by atoms with Crippen LogP contribution in [0.5, 0.6) is 0 Å². The van der Waals surface area contributed by atoms with Crippen molar-refractivity contribution in [2.45, 2.75) is 38.1 Å². The Hall–Kier alpha value is -0.0800. The summed E-state index contributed by atoms with van der Waals surface area (Å²) in [5.74, 6) is 0. The van der Waals surface area contributed by atoms with Crippen molar-refractivity contribution in [1.29, 1.82) is 0 Å². The van der Waals surface area contributed by atoms with E-state index in [0.29, 0.717) is 0 Å². The molecule has 0 radical (unpaired) electrons. The molecule has 2 aliphatic heterocycles. The number of hydrogen-bond donors (Lipinski definition) is 1. The van der Waals surface area contributed by atoms with Gasteiger partial charge in [0.15, 0.2) is 0 Å². The normalized spacial score (nSPS) is 33.5. The number of hydrogen-bond acceptors (Lipinski definition) is 2. The van der Waals surface area contributed by atoms with Gasteiger partial charge in [0.1, 0.15) is 0 Å². The average molecular weight is 168 g/mol. The zero-order chi connectivity index (χ0) is 8.23. The maximum absolute atomic E-state index is 3.48. The highest BCUT2D eigenvalue weighted by molar-refractivity contribution is 4.79. The molecule has 12 heavy (non-hydrogen) atoms. The summed E-state index contributed by atoms with van der Waals surface area (Å²) in [6, 6.07) is 0.905. The fourth-order valence-electron chi connectivity index (χ4n) is 2.47. The molecule has 0 saturated carbocycles. The lowest BCUT2D eigenvalue weighted by atomic mass is 10.1. The Morgan fingerprint density at radius 2 is 1.92 bits per heavy atom. The molecule has 2 rings (SSSR count). The molecule has 2 heteroatoms. The van der Waals surface area contributed by atoms with Crippen LogP contribution >= 0.6 is 0 Å². The Kier molecular flexibility index (Phi) is 3.01. The molecule has 1 N–H and O–H groups in total. The van der Waals surface area contributed by atoms with Crippen LogP contribution in [0.15, 0.2) is 0 Å². The van der Waals surface area contributed by atoms with Gasteiger partial charge < -0.3 is 5.32 Å². The Balaban J connectivity index is 1.94. The van der Waals surface area contributed by atoms with Gasteiger partial charge in [-0.3, -0.25) is 4.90 Å². The van der Waals surface area contributed by atoms with Crippen molar-refractivity contribution in [1.82, 2.24) is 10.2 Å². The van der Waals surface area contributed by atoms with E-state index in [2.05, 4.69) is 10.2 Å². The van der Waals surface area contributed by atoms with E-state index in [0.717, 1.165) is 6.04 Å². The summed E-state index contributed by atoms with van der Waals surface area (Å²) in [6.45, 7) is 5.08. The number of rotatable bonds is 0. The Morgan fingerprint density at radius 3 is 2.92 bits per heavy atom. The first-order valence-electron chi connectivity index (χ1n) is 5.41. The summed E-state index contributed by atoms with van der Waals surface area (Å²) >= 11 is 0. The van der Waals surface area contributed by atoms with Crippen LogP contribution in [0.3, 0.4) is 0 Å². The second kappa shape index (κ2) is 4.24. The van der Waals surface area contributed by atoms with E-state index in [1.807, 2.05) is 0 Å². The van der Waals surface area contributed by atoms with E-state index in [-0.39, 0.29) is 0 Å². The molecule has 0 aliphatic carbocycles. The third-order valence-electron chi connectivity index (χ3n) is 3.23. The summed E-state index contributed by atoms with van der Waals surface area (Å²) in [4.78, 5) is 2.70. The van der Waals surface area contributed by atoms with Gasteiger partial charge in [0, 0.05) is 19.1 Å². The van der Waals surface area contributed by atoms with Crippen molar-refractivity contribution in [2.24, 2.45) is 0 Å². The molecule has 2 aliphatic rings. The Morgan fingerprint density at radius 1 is 0.917 bits per heavy atom. The molecular formula is C10H20N2. The average Bonchev–Trinajstić information content (AvgIpc) is 2.38. The first-order chi connectivity index (χ1) is 5.97. The Labute approximate surface area is 75.3 Å². The first-order valence-corrected chi connectivity index (χ1v) is 5.41. The highest BCUT2D eigenvalue weighted by Gasteiger charge is 2.21. The SMILES string of the molecule is C1CCC2CCNCCN2CC1. The van der Waals surface area contributed by atoms with Crippen LogP contribution in [0.25, 0.3) is 0 Å². The molecule has 1 unspecified atom stereocenters. The van der Waals surface area contributed by atoms with Gasteiger partial charge in [-0.2, -0.15) is 0 Å². The van der Waals surface area contributed by atoms with Crippen LogP contribution < -0.4 is 5.32 Å². The van der Waals surface area contributed by atoms with Gasteiger partial charge in [0.05, 0.1) is 0 Å². The highest BCUT2D eigenvalue weighted by Crippen LogP contribution is 2.19. The van der Waals surface area contributed by atoms with Gasteiger partial charge in [-0.1, -0.05) is 12.8 Å². The smallest absolute Gasteiger partial charge is 0.0110 e. The van der Waals surface area contributed by atoms with Crippen molar-refractivity contribution in [3.8, 4) is 0 Å². The van der Waals surface area contributed by atoms with Crippen LogP contribution in [0.4, 0.5) is 0 Å². The van der Waals surface area contributed by atoms with Crippen molar-refractivity contribution in [2.75, 3.05) is 26.2 Å². The molecule has 0 amide bonds. The van der Waals surface area contributed by atoms with Crippen LogP contribution in [0.1, 0.15) is 32.1 Å². The fraction of sp³-hybridized carbons (Fsp3) is 1.00. The second-order valence-corrected chi connectivity index (χ2v) is 4.08. The van der Waals surface area contributed by atoms with E-state index in [1.165, 1.54) is 58.3 Å². The van der Waals surface area contributed by atoms with Crippen molar-refractivity contribution >= 4 is 0 Å². The minimum absolute atomic E-state index is 0.905. The zero-order valence-corrected chi connectivity index (χ0v) is 7.89. The third-order valence-corrected chi connectivity index (χ3v) is 3.23. The van der Waals surface area contributed by atoms with Gasteiger partial charge in [-0.25, -0.2) is 0 Å². The van der Waals surface area contributed by atoms with Crippen LogP contribution in [0.2, 0.25) is 0 Å². The maximum atomic E-state index is 3.48. The lowest BCUT2D eigenvalue weighted by Crippen LogP contribution is -2.35. The maximum Gasteiger partial charge on any atom is 0.0110 e. The van der Waals surface area contributed by atoms with E-state index >= 15 is 0 Å². The fourth-order valence-corrected chi connectivity index (χ4v) is 2.47. The van der Waals surface area contributed by atoms with Crippen LogP contribution in [-0.4, -0.2) is 37.1 Å². The van der Waals surface area contributed by atoms with Gasteiger partial charge in [-0.15, -0.1) is 0 Å². The van der Waals surface area contributed by atoms with Crippen LogP contribution in [-0.2, 0) is 0 Å².